The summed E-state index contributed by atoms with van der Waals surface area (Å²) in [6.45, 7) is 2.29. The smallest absolute Gasteiger partial charge is 0.0948 e. The molecule has 34 heavy (non-hydrogen) atoms. The van der Waals surface area contributed by atoms with Crippen LogP contribution in [-0.4, -0.2) is 9.55 Å². The van der Waals surface area contributed by atoms with Gasteiger partial charge in [0.25, 0.3) is 0 Å². The SMILES string of the molecule is CCCCCCCCCCCCCCC(C(Cc1ccccc1)c1ccccc1)n1ccnc1. The molecule has 0 saturated heterocycles. The quantitative estimate of drug-likeness (QED) is 0.173. The Morgan fingerprint density at radius 2 is 1.24 bits per heavy atom. The minimum absolute atomic E-state index is 0.438. The van der Waals surface area contributed by atoms with Crippen molar-refractivity contribution in [2.45, 2.75) is 109 Å². The third-order valence-corrected chi connectivity index (χ3v) is 7.25. The lowest BCUT2D eigenvalue weighted by Crippen LogP contribution is -2.19. The van der Waals surface area contributed by atoms with Gasteiger partial charge in [0.2, 0.25) is 0 Å². The van der Waals surface area contributed by atoms with E-state index in [0.29, 0.717) is 12.0 Å². The normalized spacial score (nSPS) is 13.1. The highest BCUT2D eigenvalue weighted by Gasteiger charge is 2.24. The van der Waals surface area contributed by atoms with Gasteiger partial charge in [0.05, 0.1) is 6.33 Å². The predicted octanol–water partition coefficient (Wildman–Crippen LogP) is 9.54. The summed E-state index contributed by atoms with van der Waals surface area (Å²) in [6.07, 6.45) is 25.1. The first-order valence-corrected chi connectivity index (χ1v) is 13.9. The fraction of sp³-hybridized carbons (Fsp3) is 0.531. The predicted molar refractivity (Wildman–Crippen MR) is 146 cm³/mol. The molecule has 184 valence electrons. The number of nitrogens with zero attached hydrogens (tertiary/aromatic N) is 2. The van der Waals surface area contributed by atoms with E-state index in [1.807, 2.05) is 12.5 Å². The van der Waals surface area contributed by atoms with Gasteiger partial charge in [-0.1, -0.05) is 145 Å². The van der Waals surface area contributed by atoms with Gasteiger partial charge in [-0.15, -0.1) is 0 Å². The van der Waals surface area contributed by atoms with Crippen LogP contribution in [0.15, 0.2) is 79.4 Å². The highest BCUT2D eigenvalue weighted by atomic mass is 15.1. The van der Waals surface area contributed by atoms with Crippen molar-refractivity contribution in [3.63, 3.8) is 0 Å². The Balaban J connectivity index is 1.49. The van der Waals surface area contributed by atoms with Gasteiger partial charge in [0.1, 0.15) is 0 Å². The van der Waals surface area contributed by atoms with Crippen molar-refractivity contribution in [3.05, 3.63) is 90.5 Å². The first-order valence-electron chi connectivity index (χ1n) is 13.9. The second-order valence-electron chi connectivity index (χ2n) is 9.96. The van der Waals surface area contributed by atoms with Crippen molar-refractivity contribution in [1.29, 1.82) is 0 Å². The number of hydrogen-bond donors (Lipinski definition) is 0. The Bertz CT molecular complexity index is 841. The van der Waals surface area contributed by atoms with Crippen LogP contribution in [0.2, 0.25) is 0 Å². The van der Waals surface area contributed by atoms with Crippen molar-refractivity contribution in [3.8, 4) is 0 Å². The lowest BCUT2D eigenvalue weighted by molar-refractivity contribution is 0.366. The maximum atomic E-state index is 4.40. The van der Waals surface area contributed by atoms with E-state index in [2.05, 4.69) is 83.3 Å². The van der Waals surface area contributed by atoms with Crippen LogP contribution in [0.5, 0.6) is 0 Å². The topological polar surface area (TPSA) is 17.8 Å². The minimum atomic E-state index is 0.438. The molecule has 1 heterocycles. The molecule has 0 N–H and O–H groups in total. The first-order chi connectivity index (χ1) is 16.9. The van der Waals surface area contributed by atoms with Crippen molar-refractivity contribution in [2.75, 3.05) is 0 Å². The molecule has 2 atom stereocenters. The molecule has 0 aliphatic carbocycles. The Labute approximate surface area is 208 Å². The van der Waals surface area contributed by atoms with Crippen LogP contribution in [0.1, 0.15) is 113 Å². The molecule has 0 aliphatic rings. The number of hydrogen-bond acceptors (Lipinski definition) is 1. The summed E-state index contributed by atoms with van der Waals surface area (Å²) < 4.78 is 2.36. The van der Waals surface area contributed by atoms with Crippen LogP contribution in [0.3, 0.4) is 0 Å². The standard InChI is InChI=1S/C32H46N2/c1-2-3-4-5-6-7-8-9-10-11-12-19-24-32(34-26-25-33-28-34)31(30-22-17-14-18-23-30)27-29-20-15-13-16-21-29/h13-18,20-23,25-26,28,31-32H,2-12,19,24,27H2,1H3. The number of imidazole rings is 1. The summed E-state index contributed by atoms with van der Waals surface area (Å²) >= 11 is 0. The monoisotopic (exact) mass is 458 g/mol. The third kappa shape index (κ3) is 9.49. The Morgan fingerprint density at radius 3 is 1.79 bits per heavy atom. The summed E-state index contributed by atoms with van der Waals surface area (Å²) in [4.78, 5) is 4.40. The lowest BCUT2D eigenvalue weighted by Gasteiger charge is -2.29. The summed E-state index contributed by atoms with van der Waals surface area (Å²) in [7, 11) is 0. The summed E-state index contributed by atoms with van der Waals surface area (Å²) in [5.41, 5.74) is 2.85. The lowest BCUT2D eigenvalue weighted by atomic mass is 9.83. The Morgan fingerprint density at radius 1 is 0.676 bits per heavy atom. The molecule has 0 bridgehead atoms. The summed E-state index contributed by atoms with van der Waals surface area (Å²) in [5.74, 6) is 0.450. The Hall–Kier alpha value is -2.35. The molecule has 3 rings (SSSR count). The molecular formula is C32H46N2. The highest BCUT2D eigenvalue weighted by Crippen LogP contribution is 2.36. The van der Waals surface area contributed by atoms with Gasteiger partial charge in [-0.2, -0.15) is 0 Å². The van der Waals surface area contributed by atoms with E-state index < -0.39 is 0 Å². The Kier molecular flexibility index (Phi) is 12.6. The molecular weight excluding hydrogens is 412 g/mol. The van der Waals surface area contributed by atoms with Gasteiger partial charge >= 0.3 is 0 Å². The van der Waals surface area contributed by atoms with Gasteiger partial charge in [-0.25, -0.2) is 4.98 Å². The zero-order valence-corrected chi connectivity index (χ0v) is 21.5. The second kappa shape index (κ2) is 16.3. The zero-order chi connectivity index (χ0) is 23.7. The van der Waals surface area contributed by atoms with E-state index in [0.717, 1.165) is 6.42 Å². The van der Waals surface area contributed by atoms with E-state index in [1.54, 1.807) is 0 Å². The molecule has 2 nitrogen and oxygen atoms in total. The largest absolute Gasteiger partial charge is 0.334 e. The molecule has 2 heteroatoms. The van der Waals surface area contributed by atoms with Gasteiger partial charge < -0.3 is 4.57 Å². The van der Waals surface area contributed by atoms with Crippen molar-refractivity contribution in [2.24, 2.45) is 0 Å². The van der Waals surface area contributed by atoms with Crippen LogP contribution in [0.4, 0.5) is 0 Å². The third-order valence-electron chi connectivity index (χ3n) is 7.25. The molecule has 2 unspecified atom stereocenters. The van der Waals surface area contributed by atoms with Crippen LogP contribution < -0.4 is 0 Å². The van der Waals surface area contributed by atoms with Crippen LogP contribution >= 0.6 is 0 Å². The van der Waals surface area contributed by atoms with Gasteiger partial charge in [0.15, 0.2) is 0 Å². The van der Waals surface area contributed by atoms with E-state index in [-0.39, 0.29) is 0 Å². The van der Waals surface area contributed by atoms with Gasteiger partial charge in [-0.3, -0.25) is 0 Å². The maximum absolute atomic E-state index is 4.40. The fourth-order valence-electron chi connectivity index (χ4n) is 5.26. The number of rotatable bonds is 18. The molecule has 3 aromatic rings. The fourth-order valence-corrected chi connectivity index (χ4v) is 5.26. The molecule has 1 aromatic heterocycles. The number of unbranched alkanes of at least 4 members (excludes halogenated alkanes) is 11. The van der Waals surface area contributed by atoms with Gasteiger partial charge in [-0.05, 0) is 24.0 Å². The van der Waals surface area contributed by atoms with E-state index in [4.69, 9.17) is 0 Å². The minimum Gasteiger partial charge on any atom is -0.334 e. The molecule has 2 aromatic carbocycles. The van der Waals surface area contributed by atoms with Crippen molar-refractivity contribution < 1.29 is 0 Å². The van der Waals surface area contributed by atoms with E-state index in [9.17, 15) is 0 Å². The molecule has 0 saturated carbocycles. The number of aromatic nitrogens is 2. The number of benzene rings is 2. The van der Waals surface area contributed by atoms with Gasteiger partial charge in [0, 0.05) is 24.4 Å². The summed E-state index contributed by atoms with van der Waals surface area (Å²) in [5, 5.41) is 0. The summed E-state index contributed by atoms with van der Waals surface area (Å²) in [6, 6.07) is 22.5. The van der Waals surface area contributed by atoms with Crippen molar-refractivity contribution >= 4 is 0 Å². The first kappa shape index (κ1) is 26.3. The molecule has 0 amide bonds. The molecule has 0 aliphatic heterocycles. The zero-order valence-electron chi connectivity index (χ0n) is 21.5. The van der Waals surface area contributed by atoms with Crippen LogP contribution in [0.25, 0.3) is 0 Å². The van der Waals surface area contributed by atoms with E-state index in [1.165, 1.54) is 94.6 Å². The molecule has 0 radical (unpaired) electrons. The second-order valence-corrected chi connectivity index (χ2v) is 9.96. The molecule has 0 fully saturated rings. The highest BCUT2D eigenvalue weighted by molar-refractivity contribution is 5.25. The van der Waals surface area contributed by atoms with Crippen LogP contribution in [0, 0.1) is 0 Å². The average Bonchev–Trinajstić information content (AvgIpc) is 3.42. The molecule has 0 spiro atoms. The average molecular weight is 459 g/mol. The van der Waals surface area contributed by atoms with Crippen LogP contribution in [-0.2, 0) is 6.42 Å². The van der Waals surface area contributed by atoms with Crippen molar-refractivity contribution in [1.82, 2.24) is 9.55 Å². The van der Waals surface area contributed by atoms with E-state index >= 15 is 0 Å². The maximum Gasteiger partial charge on any atom is 0.0948 e.